The van der Waals surface area contributed by atoms with Gasteiger partial charge in [-0.3, -0.25) is 9.59 Å². The number of aliphatic hydroxyl groups excluding tert-OH is 2. The normalized spacial score (nSPS) is 12.7. The highest BCUT2D eigenvalue weighted by molar-refractivity contribution is 5.76. The molecular weight excluding hydrogens is 947 g/mol. The van der Waals surface area contributed by atoms with Crippen LogP contribution in [0.5, 0.6) is 0 Å². The summed E-state index contributed by atoms with van der Waals surface area (Å²) in [5, 5.41) is 23.4. The van der Waals surface area contributed by atoms with Crippen LogP contribution in [0, 0.1) is 0 Å². The molecule has 454 valence electrons. The Labute approximate surface area is 481 Å². The van der Waals surface area contributed by atoms with Gasteiger partial charge in [0.2, 0.25) is 5.91 Å². The second-order valence-corrected chi connectivity index (χ2v) is 23.9. The lowest BCUT2D eigenvalue weighted by Gasteiger charge is -2.22. The topological polar surface area (TPSA) is 95.9 Å². The average Bonchev–Trinajstić information content (AvgIpc) is 3.43. The van der Waals surface area contributed by atoms with Crippen molar-refractivity contribution in [2.75, 3.05) is 13.2 Å². The molecular formula is C71H135NO5. The lowest BCUT2D eigenvalue weighted by atomic mass is 10.0. The van der Waals surface area contributed by atoms with Gasteiger partial charge >= 0.3 is 5.97 Å². The Morgan fingerprint density at radius 3 is 1.04 bits per heavy atom. The summed E-state index contributed by atoms with van der Waals surface area (Å²) in [4.78, 5) is 24.6. The Kier molecular flexibility index (Phi) is 64.9. The number of aliphatic hydroxyl groups is 2. The van der Waals surface area contributed by atoms with E-state index < -0.39 is 12.1 Å². The number of carbonyl (C=O) groups excluding carboxylic acids is 2. The molecule has 2 atom stereocenters. The van der Waals surface area contributed by atoms with Crippen molar-refractivity contribution in [3.05, 3.63) is 36.5 Å². The number of hydrogen-bond donors (Lipinski definition) is 3. The van der Waals surface area contributed by atoms with E-state index in [1.165, 1.54) is 295 Å². The van der Waals surface area contributed by atoms with Gasteiger partial charge in [-0.2, -0.15) is 0 Å². The van der Waals surface area contributed by atoms with Crippen LogP contribution in [0.2, 0.25) is 0 Å². The van der Waals surface area contributed by atoms with Crippen LogP contribution in [0.4, 0.5) is 0 Å². The largest absolute Gasteiger partial charge is 0.466 e. The van der Waals surface area contributed by atoms with E-state index in [0.29, 0.717) is 25.9 Å². The number of carbonyl (C=O) groups is 2. The summed E-state index contributed by atoms with van der Waals surface area (Å²) >= 11 is 0. The molecule has 6 heteroatoms. The van der Waals surface area contributed by atoms with Crippen molar-refractivity contribution in [1.82, 2.24) is 5.32 Å². The first-order valence-electron chi connectivity index (χ1n) is 34.7. The van der Waals surface area contributed by atoms with Crippen molar-refractivity contribution in [3.63, 3.8) is 0 Å². The molecule has 0 saturated heterocycles. The predicted molar refractivity (Wildman–Crippen MR) is 338 cm³/mol. The first-order valence-corrected chi connectivity index (χ1v) is 34.7. The number of rotatable bonds is 65. The lowest BCUT2D eigenvalue weighted by molar-refractivity contribution is -0.143. The summed E-state index contributed by atoms with van der Waals surface area (Å²) in [6, 6.07) is -0.545. The highest BCUT2D eigenvalue weighted by Crippen LogP contribution is 2.18. The average molecular weight is 1080 g/mol. The molecule has 3 N–H and O–H groups in total. The smallest absolute Gasteiger partial charge is 0.305 e. The van der Waals surface area contributed by atoms with E-state index in [-0.39, 0.29) is 18.5 Å². The summed E-state index contributed by atoms with van der Waals surface area (Å²) in [5.74, 6) is -0.0352. The number of nitrogens with one attached hydrogen (secondary N) is 1. The van der Waals surface area contributed by atoms with Crippen LogP contribution in [0.15, 0.2) is 36.5 Å². The molecule has 0 aromatic rings. The van der Waals surface area contributed by atoms with Crippen LogP contribution in [-0.4, -0.2) is 47.4 Å². The van der Waals surface area contributed by atoms with E-state index in [1.54, 1.807) is 0 Å². The van der Waals surface area contributed by atoms with Crippen LogP contribution < -0.4 is 5.32 Å². The lowest BCUT2D eigenvalue weighted by Crippen LogP contribution is -2.45. The molecule has 77 heavy (non-hydrogen) atoms. The van der Waals surface area contributed by atoms with Gasteiger partial charge in [-0.25, -0.2) is 0 Å². The molecule has 0 aromatic heterocycles. The van der Waals surface area contributed by atoms with Gasteiger partial charge in [0.05, 0.1) is 25.4 Å². The monoisotopic (exact) mass is 1080 g/mol. The van der Waals surface area contributed by atoms with Crippen molar-refractivity contribution in [3.8, 4) is 0 Å². The predicted octanol–water partition coefficient (Wildman–Crippen LogP) is 22.3. The minimum atomic E-state index is -0.668. The minimum absolute atomic E-state index is 0.000730. The van der Waals surface area contributed by atoms with Gasteiger partial charge in [0, 0.05) is 12.8 Å². The van der Waals surface area contributed by atoms with E-state index >= 15 is 0 Å². The van der Waals surface area contributed by atoms with Crippen LogP contribution in [-0.2, 0) is 14.3 Å². The molecule has 0 bridgehead atoms. The van der Waals surface area contributed by atoms with E-state index in [1.807, 2.05) is 0 Å². The zero-order valence-electron chi connectivity index (χ0n) is 52.0. The zero-order chi connectivity index (χ0) is 55.7. The minimum Gasteiger partial charge on any atom is -0.466 e. The van der Waals surface area contributed by atoms with E-state index in [4.69, 9.17) is 4.74 Å². The Morgan fingerprint density at radius 1 is 0.364 bits per heavy atom. The van der Waals surface area contributed by atoms with E-state index in [0.717, 1.165) is 51.4 Å². The second kappa shape index (κ2) is 66.6. The highest BCUT2D eigenvalue weighted by atomic mass is 16.5. The van der Waals surface area contributed by atoms with Crippen LogP contribution in [0.3, 0.4) is 0 Å². The SMILES string of the molecule is CCCC/C=C\C/C=C\CCCCCCCC(=O)OCCCCCCCCCCCCCC/C=C\CCCCCCCCCCCC(=O)NC(CO)C(O)CCCCCCCCCCCCCCCCCCCCCCC. The molecule has 6 nitrogen and oxygen atoms in total. The maximum Gasteiger partial charge on any atom is 0.305 e. The fraction of sp³-hybridized carbons (Fsp3) is 0.887. The second-order valence-electron chi connectivity index (χ2n) is 23.9. The van der Waals surface area contributed by atoms with Crippen molar-refractivity contribution in [2.24, 2.45) is 0 Å². The van der Waals surface area contributed by atoms with Gasteiger partial charge in [0.1, 0.15) is 0 Å². The van der Waals surface area contributed by atoms with Crippen molar-refractivity contribution in [1.29, 1.82) is 0 Å². The molecule has 0 fully saturated rings. The van der Waals surface area contributed by atoms with Gasteiger partial charge in [0.25, 0.3) is 0 Å². The number of amides is 1. The Bertz CT molecular complexity index is 1250. The maximum absolute atomic E-state index is 12.5. The first kappa shape index (κ1) is 75.1. The van der Waals surface area contributed by atoms with Gasteiger partial charge in [0.15, 0.2) is 0 Å². The van der Waals surface area contributed by atoms with Gasteiger partial charge in [-0.1, -0.05) is 326 Å². The summed E-state index contributed by atoms with van der Waals surface area (Å²) in [6.07, 6.45) is 84.7. The fourth-order valence-corrected chi connectivity index (χ4v) is 10.8. The van der Waals surface area contributed by atoms with Crippen LogP contribution in [0.1, 0.15) is 380 Å². The van der Waals surface area contributed by atoms with Crippen molar-refractivity contribution in [2.45, 2.75) is 392 Å². The summed E-state index contributed by atoms with van der Waals surface area (Å²) in [5.41, 5.74) is 0. The van der Waals surface area contributed by atoms with Crippen molar-refractivity contribution >= 4 is 11.9 Å². The molecule has 0 radical (unpaired) electrons. The number of allylic oxidation sites excluding steroid dienone is 6. The third kappa shape index (κ3) is 63.1. The summed E-state index contributed by atoms with van der Waals surface area (Å²) in [7, 11) is 0. The standard InChI is InChI=1S/C71H135NO5/c1-3-5-7-9-11-13-15-17-19-20-21-27-30-33-36-39-43-47-51-55-59-63-69(74)68(67-73)72-70(75)64-60-56-52-48-44-40-37-34-31-28-25-23-22-24-26-29-32-35-38-42-46-50-54-58-62-66-77-71(76)65-61-57-53-49-45-41-18-16-14-12-10-8-6-4-2/h10,12,16,18,23,25,68-69,73-74H,3-9,11,13-15,17,19-22,24,26-67H2,1-2H3,(H,72,75)/b12-10-,18-16-,25-23-. The molecule has 0 aliphatic carbocycles. The van der Waals surface area contributed by atoms with Gasteiger partial charge in [-0.15, -0.1) is 0 Å². The third-order valence-electron chi connectivity index (χ3n) is 16.2. The number of unbranched alkanes of at least 4 members (excludes halogenated alkanes) is 48. The van der Waals surface area contributed by atoms with Crippen LogP contribution in [0.25, 0.3) is 0 Å². The van der Waals surface area contributed by atoms with E-state index in [2.05, 4.69) is 55.6 Å². The zero-order valence-corrected chi connectivity index (χ0v) is 52.0. The number of hydrogen-bond acceptors (Lipinski definition) is 5. The van der Waals surface area contributed by atoms with E-state index in [9.17, 15) is 19.8 Å². The fourth-order valence-electron chi connectivity index (χ4n) is 10.8. The van der Waals surface area contributed by atoms with Gasteiger partial charge in [-0.05, 0) is 77.0 Å². The maximum atomic E-state index is 12.5. The first-order chi connectivity index (χ1) is 38.0. The highest BCUT2D eigenvalue weighted by Gasteiger charge is 2.20. The Morgan fingerprint density at radius 2 is 0.662 bits per heavy atom. The van der Waals surface area contributed by atoms with Crippen LogP contribution >= 0.6 is 0 Å². The number of ether oxygens (including phenoxy) is 1. The molecule has 0 aliphatic heterocycles. The molecule has 1 amide bonds. The van der Waals surface area contributed by atoms with Gasteiger partial charge < -0.3 is 20.3 Å². The molecule has 0 rings (SSSR count). The summed E-state index contributed by atoms with van der Waals surface area (Å²) < 4.78 is 5.48. The molecule has 0 heterocycles. The molecule has 0 aliphatic rings. The molecule has 2 unspecified atom stereocenters. The molecule has 0 aromatic carbocycles. The summed E-state index contributed by atoms with van der Waals surface area (Å²) in [6.45, 7) is 4.94. The third-order valence-corrected chi connectivity index (χ3v) is 16.2. The molecule has 0 spiro atoms. The quantitative estimate of drug-likeness (QED) is 0.0320. The molecule has 0 saturated carbocycles. The Balaban J connectivity index is 3.40. The van der Waals surface area contributed by atoms with Crippen molar-refractivity contribution < 1.29 is 24.5 Å². The Hall–Kier alpha value is -1.92. The number of esters is 1.